The Labute approximate surface area is 220 Å². The van der Waals surface area contributed by atoms with Crippen molar-refractivity contribution in [3.8, 4) is 16.3 Å². The molecule has 5 rings (SSSR count). The maximum atomic E-state index is 12.3. The van der Waals surface area contributed by atoms with Gasteiger partial charge < -0.3 is 14.6 Å². The van der Waals surface area contributed by atoms with Crippen LogP contribution >= 0.6 is 11.3 Å². The Hall–Kier alpha value is -1.92. The largest absolute Gasteiger partial charge is 1.00 e. The van der Waals surface area contributed by atoms with Gasteiger partial charge in [-0.15, -0.1) is 11.3 Å². The fraction of sp³-hybridized carbons (Fsp3) is 0.333. The maximum Gasteiger partial charge on any atom is 1.00 e. The number of aromatic nitrogens is 1. The van der Waals surface area contributed by atoms with E-state index in [1.807, 2.05) is 31.2 Å². The van der Waals surface area contributed by atoms with Crippen molar-refractivity contribution in [3.05, 3.63) is 59.2 Å². The standard InChI is InChI=1S/C27H27NO3S.Na/c1-15-8-4-6-10-21(15)31-22-13-12-16(2)25-24(22)19(27(29)30)14-20(28-25)26-17(3)18-9-5-7-11-23(18)32-26;/h5,7,9,11-15,21H,4,6,8,10H2,1-3H3,(H,29,30);/q;+1/p-1/t15-,21-;/m0./s1. The van der Waals surface area contributed by atoms with Crippen LogP contribution in [0.1, 0.15) is 54.1 Å². The van der Waals surface area contributed by atoms with Crippen molar-refractivity contribution >= 4 is 38.3 Å². The smallest absolute Gasteiger partial charge is 0.545 e. The molecule has 2 atom stereocenters. The molecule has 4 aromatic rings. The molecule has 1 aliphatic carbocycles. The van der Waals surface area contributed by atoms with Crippen LogP contribution in [0.2, 0.25) is 0 Å². The van der Waals surface area contributed by atoms with Crippen LogP contribution in [0.4, 0.5) is 0 Å². The first-order chi connectivity index (χ1) is 15.4. The van der Waals surface area contributed by atoms with E-state index >= 15 is 0 Å². The van der Waals surface area contributed by atoms with Crippen LogP contribution in [0.15, 0.2) is 42.5 Å². The van der Waals surface area contributed by atoms with Crippen molar-refractivity contribution in [1.29, 1.82) is 0 Å². The summed E-state index contributed by atoms with van der Waals surface area (Å²) in [4.78, 5) is 18.2. The number of aromatic carboxylic acids is 1. The van der Waals surface area contributed by atoms with Gasteiger partial charge in [0, 0.05) is 10.3 Å². The number of aryl methyl sites for hydroxylation is 2. The monoisotopic (exact) mass is 467 g/mol. The van der Waals surface area contributed by atoms with Crippen LogP contribution in [-0.2, 0) is 0 Å². The number of pyridine rings is 1. The second-order valence-electron chi connectivity index (χ2n) is 8.92. The predicted octanol–water partition coefficient (Wildman–Crippen LogP) is 3.06. The number of rotatable bonds is 4. The molecule has 6 heteroatoms. The van der Waals surface area contributed by atoms with E-state index in [1.165, 1.54) is 11.8 Å². The van der Waals surface area contributed by atoms with Crippen LogP contribution < -0.4 is 39.4 Å². The molecule has 2 aromatic heterocycles. The number of hydrogen-bond donors (Lipinski definition) is 0. The molecule has 0 unspecified atom stereocenters. The summed E-state index contributed by atoms with van der Waals surface area (Å²) in [5.41, 5.74) is 3.51. The molecule has 1 fully saturated rings. The van der Waals surface area contributed by atoms with Crippen LogP contribution in [0, 0.1) is 19.8 Å². The number of carboxylic acid groups (broad SMARTS) is 1. The zero-order valence-electron chi connectivity index (χ0n) is 19.6. The van der Waals surface area contributed by atoms with E-state index in [1.54, 1.807) is 17.4 Å². The number of benzene rings is 2. The molecule has 0 saturated heterocycles. The molecular weight excluding hydrogens is 441 g/mol. The fourth-order valence-corrected chi connectivity index (χ4v) is 6.03. The number of thiophene rings is 1. The number of fused-ring (bicyclic) bond motifs is 2. The van der Waals surface area contributed by atoms with Gasteiger partial charge in [0.15, 0.2) is 0 Å². The Morgan fingerprint density at radius 3 is 2.61 bits per heavy atom. The summed E-state index contributed by atoms with van der Waals surface area (Å²) < 4.78 is 7.58. The van der Waals surface area contributed by atoms with Crippen molar-refractivity contribution < 1.29 is 44.2 Å². The molecule has 33 heavy (non-hydrogen) atoms. The number of ether oxygens (including phenoxy) is 1. The van der Waals surface area contributed by atoms with Gasteiger partial charge in [0.2, 0.25) is 0 Å². The molecule has 1 saturated carbocycles. The second kappa shape index (κ2) is 9.75. The summed E-state index contributed by atoms with van der Waals surface area (Å²) in [6, 6.07) is 13.7. The number of carbonyl (C=O) groups is 1. The van der Waals surface area contributed by atoms with Gasteiger partial charge in [0.1, 0.15) is 11.9 Å². The zero-order valence-corrected chi connectivity index (χ0v) is 22.4. The number of hydrogen-bond acceptors (Lipinski definition) is 5. The topological polar surface area (TPSA) is 62.2 Å². The van der Waals surface area contributed by atoms with Gasteiger partial charge in [-0.1, -0.05) is 37.6 Å². The third kappa shape index (κ3) is 4.44. The molecule has 0 N–H and O–H groups in total. The van der Waals surface area contributed by atoms with E-state index < -0.39 is 5.97 Å². The third-order valence-electron chi connectivity index (χ3n) is 6.73. The van der Waals surface area contributed by atoms with E-state index in [0.717, 1.165) is 40.0 Å². The molecule has 0 spiro atoms. The first-order valence-electron chi connectivity index (χ1n) is 11.2. The first kappa shape index (κ1) is 24.2. The minimum absolute atomic E-state index is 0. The quantitative estimate of drug-likeness (QED) is 0.433. The van der Waals surface area contributed by atoms with Gasteiger partial charge in [0.25, 0.3) is 0 Å². The Balaban J connectivity index is 0.00000259. The summed E-state index contributed by atoms with van der Waals surface area (Å²) in [6.45, 7) is 6.24. The van der Waals surface area contributed by atoms with E-state index in [2.05, 4.69) is 26.0 Å². The summed E-state index contributed by atoms with van der Waals surface area (Å²) in [6.07, 6.45) is 4.58. The second-order valence-corrected chi connectivity index (χ2v) is 9.97. The summed E-state index contributed by atoms with van der Waals surface area (Å²) in [5.74, 6) is -0.167. The predicted molar refractivity (Wildman–Crippen MR) is 128 cm³/mol. The van der Waals surface area contributed by atoms with Crippen LogP contribution in [0.3, 0.4) is 0 Å². The van der Waals surface area contributed by atoms with Crippen LogP contribution in [-0.4, -0.2) is 17.1 Å². The Morgan fingerprint density at radius 2 is 1.88 bits per heavy atom. The number of carbonyl (C=O) groups excluding carboxylic acids is 1. The van der Waals surface area contributed by atoms with Crippen LogP contribution in [0.25, 0.3) is 31.6 Å². The SMILES string of the molecule is Cc1c(-c2cc(C(=O)[O-])c3c(O[C@H]4CCCC[C@@H]4C)ccc(C)c3n2)sc2ccccc12.[Na+]. The number of carboxylic acids is 1. The minimum atomic E-state index is -1.20. The van der Waals surface area contributed by atoms with Crippen molar-refractivity contribution in [2.24, 2.45) is 5.92 Å². The summed E-state index contributed by atoms with van der Waals surface area (Å²) in [7, 11) is 0. The van der Waals surface area contributed by atoms with E-state index in [4.69, 9.17) is 9.72 Å². The van der Waals surface area contributed by atoms with Crippen molar-refractivity contribution in [1.82, 2.24) is 4.98 Å². The minimum Gasteiger partial charge on any atom is -0.545 e. The van der Waals surface area contributed by atoms with Gasteiger partial charge >= 0.3 is 29.6 Å². The molecule has 2 aromatic carbocycles. The Bertz CT molecular complexity index is 1350. The molecule has 164 valence electrons. The van der Waals surface area contributed by atoms with E-state index in [0.29, 0.717) is 28.3 Å². The van der Waals surface area contributed by atoms with Crippen LogP contribution in [0.5, 0.6) is 5.75 Å². The summed E-state index contributed by atoms with van der Waals surface area (Å²) >= 11 is 1.64. The average molecular weight is 468 g/mol. The van der Waals surface area contributed by atoms with Gasteiger partial charge in [-0.05, 0) is 73.7 Å². The van der Waals surface area contributed by atoms with Crippen molar-refractivity contribution in [2.75, 3.05) is 0 Å². The molecule has 0 bridgehead atoms. The number of nitrogens with zero attached hydrogens (tertiary/aromatic N) is 1. The maximum absolute atomic E-state index is 12.3. The first-order valence-corrected chi connectivity index (χ1v) is 12.1. The molecule has 0 amide bonds. The van der Waals surface area contributed by atoms with Crippen molar-refractivity contribution in [3.63, 3.8) is 0 Å². The van der Waals surface area contributed by atoms with Crippen molar-refractivity contribution in [2.45, 2.75) is 52.6 Å². The van der Waals surface area contributed by atoms with Gasteiger partial charge in [-0.3, -0.25) is 0 Å². The van der Waals surface area contributed by atoms with Gasteiger partial charge in [0.05, 0.1) is 27.4 Å². The molecular formula is C27H26NNaO3S. The normalized spacial score (nSPS) is 18.3. The molecule has 4 nitrogen and oxygen atoms in total. The van der Waals surface area contributed by atoms with Gasteiger partial charge in [-0.25, -0.2) is 4.98 Å². The van der Waals surface area contributed by atoms with Gasteiger partial charge in [-0.2, -0.15) is 0 Å². The Morgan fingerprint density at radius 1 is 1.12 bits per heavy atom. The average Bonchev–Trinajstić information content (AvgIpc) is 3.13. The molecule has 2 heterocycles. The molecule has 0 aliphatic heterocycles. The molecule has 0 radical (unpaired) electrons. The third-order valence-corrected chi connectivity index (χ3v) is 8.03. The van der Waals surface area contributed by atoms with E-state index in [-0.39, 0.29) is 41.2 Å². The van der Waals surface area contributed by atoms with E-state index in [9.17, 15) is 9.90 Å². The zero-order chi connectivity index (χ0) is 22.4. The molecule has 1 aliphatic rings. The summed E-state index contributed by atoms with van der Waals surface area (Å²) in [5, 5.41) is 14.0. The fourth-order valence-electron chi connectivity index (χ4n) is 4.86. The Kier molecular flexibility index (Phi) is 7.15.